The molecule has 0 aliphatic heterocycles. The first-order chi connectivity index (χ1) is 4.70. The lowest BCUT2D eigenvalue weighted by atomic mass is 9.66. The molecule has 4 nitrogen and oxygen atoms in total. The maximum Gasteiger partial charge on any atom is 0.323 e. The van der Waals surface area contributed by atoms with E-state index in [0.717, 1.165) is 0 Å². The molecule has 10 heavy (non-hydrogen) atoms. The van der Waals surface area contributed by atoms with E-state index < -0.39 is 6.92 Å². The summed E-state index contributed by atoms with van der Waals surface area (Å²) in [5, 5.41) is 8.99. The van der Waals surface area contributed by atoms with Crippen LogP contribution in [0.1, 0.15) is 0 Å². The van der Waals surface area contributed by atoms with Crippen molar-refractivity contribution in [3.63, 3.8) is 0 Å². The molecule has 0 radical (unpaired) electrons. The monoisotopic (exact) mass is 137 g/mol. The predicted molar refractivity (Wildman–Crippen MR) is 39.9 cm³/mol. The molecule has 0 unspecified atom stereocenters. The zero-order valence-corrected chi connectivity index (χ0v) is 5.65. The molecule has 1 aromatic heterocycles. The van der Waals surface area contributed by atoms with Gasteiger partial charge in [0, 0.05) is 12.4 Å². The van der Waals surface area contributed by atoms with Crippen molar-refractivity contribution in [2.24, 2.45) is 0 Å². The third-order valence-corrected chi connectivity index (χ3v) is 1.17. The lowest BCUT2D eigenvalue weighted by Crippen LogP contribution is -2.27. The van der Waals surface area contributed by atoms with Crippen molar-refractivity contribution < 1.29 is 5.02 Å². The Morgan fingerprint density at radius 3 is 2.40 bits per heavy atom. The summed E-state index contributed by atoms with van der Waals surface area (Å²) >= 11 is 0. The van der Waals surface area contributed by atoms with Gasteiger partial charge in [0.2, 0.25) is 5.95 Å². The number of hydrogen-bond donors (Lipinski definition) is 2. The topological polar surface area (TPSA) is 72.0 Å². The van der Waals surface area contributed by atoms with E-state index in [2.05, 4.69) is 9.97 Å². The van der Waals surface area contributed by atoms with E-state index in [1.807, 2.05) is 0 Å². The molecule has 0 saturated carbocycles. The van der Waals surface area contributed by atoms with E-state index in [4.69, 9.17) is 10.8 Å². The summed E-state index contributed by atoms with van der Waals surface area (Å²) in [6, 6.07) is 0. The van der Waals surface area contributed by atoms with Gasteiger partial charge in [-0.2, -0.15) is 0 Å². The van der Waals surface area contributed by atoms with E-state index in [-0.39, 0.29) is 5.95 Å². The van der Waals surface area contributed by atoms with Gasteiger partial charge in [-0.25, -0.2) is 9.97 Å². The molecule has 5 heteroatoms. The van der Waals surface area contributed by atoms with Crippen LogP contribution in [0, 0.1) is 0 Å². The normalized spacial score (nSPS) is 9.40. The third-order valence-electron chi connectivity index (χ3n) is 1.17. The number of hydrogen-bond acceptors (Lipinski definition) is 4. The predicted octanol–water partition coefficient (Wildman–Crippen LogP) is -1.12. The fraction of sp³-hybridized carbons (Fsp3) is 0.200. The Kier molecular flexibility index (Phi) is 1.87. The molecular weight excluding hydrogens is 129 g/mol. The lowest BCUT2D eigenvalue weighted by Gasteiger charge is -1.97. The van der Waals surface area contributed by atoms with Crippen LogP contribution in [0.5, 0.6) is 0 Å². The number of nitrogens with two attached hydrogens (primary N) is 1. The molecule has 0 bridgehead atoms. The van der Waals surface area contributed by atoms with Gasteiger partial charge >= 0.3 is 6.92 Å². The van der Waals surface area contributed by atoms with Gasteiger partial charge in [-0.1, -0.05) is 6.82 Å². The summed E-state index contributed by atoms with van der Waals surface area (Å²) in [6.07, 6.45) is 3.01. The summed E-state index contributed by atoms with van der Waals surface area (Å²) in [5.41, 5.74) is 5.90. The van der Waals surface area contributed by atoms with Gasteiger partial charge in [-0.3, -0.25) is 0 Å². The number of nitrogen functional groups attached to an aromatic ring is 1. The van der Waals surface area contributed by atoms with Crippen LogP contribution in [-0.2, 0) is 0 Å². The molecule has 0 saturated heterocycles. The first-order valence-corrected chi connectivity index (χ1v) is 2.95. The van der Waals surface area contributed by atoms with Crippen molar-refractivity contribution >= 4 is 18.3 Å². The van der Waals surface area contributed by atoms with E-state index in [1.54, 1.807) is 6.82 Å². The summed E-state index contributed by atoms with van der Waals surface area (Å²) in [4.78, 5) is 7.41. The van der Waals surface area contributed by atoms with Crippen molar-refractivity contribution in [1.82, 2.24) is 9.97 Å². The molecule has 1 aromatic rings. The minimum atomic E-state index is -0.527. The molecule has 52 valence electrons. The quantitative estimate of drug-likeness (QED) is 0.481. The van der Waals surface area contributed by atoms with Crippen molar-refractivity contribution in [3.8, 4) is 0 Å². The zero-order chi connectivity index (χ0) is 7.56. The summed E-state index contributed by atoms with van der Waals surface area (Å²) < 4.78 is 0. The van der Waals surface area contributed by atoms with E-state index in [0.29, 0.717) is 5.46 Å². The van der Waals surface area contributed by atoms with Crippen LogP contribution in [0.15, 0.2) is 12.4 Å². The minimum Gasteiger partial charge on any atom is -0.446 e. The van der Waals surface area contributed by atoms with Crippen molar-refractivity contribution in [2.45, 2.75) is 6.82 Å². The number of anilines is 1. The summed E-state index contributed by atoms with van der Waals surface area (Å²) in [6.45, 7) is 1.12. The Balaban J connectivity index is 2.89. The van der Waals surface area contributed by atoms with Gasteiger partial charge in [-0.15, -0.1) is 0 Å². The third kappa shape index (κ3) is 1.45. The second kappa shape index (κ2) is 2.66. The molecule has 1 heterocycles. The molecule has 3 N–H and O–H groups in total. The van der Waals surface area contributed by atoms with Gasteiger partial charge in [-0.05, 0) is 5.46 Å². The molecule has 0 fully saturated rings. The van der Waals surface area contributed by atoms with Gasteiger partial charge in [0.25, 0.3) is 0 Å². The van der Waals surface area contributed by atoms with Crippen molar-refractivity contribution in [2.75, 3.05) is 5.73 Å². The van der Waals surface area contributed by atoms with Crippen LogP contribution in [0.4, 0.5) is 5.95 Å². The fourth-order valence-corrected chi connectivity index (χ4v) is 0.564. The van der Waals surface area contributed by atoms with Crippen molar-refractivity contribution in [3.05, 3.63) is 12.4 Å². The van der Waals surface area contributed by atoms with E-state index in [9.17, 15) is 0 Å². The van der Waals surface area contributed by atoms with Gasteiger partial charge in [0.05, 0.1) is 0 Å². The SMILES string of the molecule is CB(O)c1cnc(N)nc1. The maximum absolute atomic E-state index is 8.99. The fourth-order valence-electron chi connectivity index (χ4n) is 0.564. The Labute approximate surface area is 59.2 Å². The van der Waals surface area contributed by atoms with Crippen LogP contribution in [0.3, 0.4) is 0 Å². The summed E-state index contributed by atoms with van der Waals surface area (Å²) in [7, 11) is 0. The number of aromatic nitrogens is 2. The Morgan fingerprint density at radius 2 is 2.00 bits per heavy atom. The molecule has 0 atom stereocenters. The molecule has 0 amide bonds. The molecule has 0 spiro atoms. The maximum atomic E-state index is 8.99. The largest absolute Gasteiger partial charge is 0.446 e. The Hall–Kier alpha value is -1.10. The van der Waals surface area contributed by atoms with Crippen LogP contribution in [0.25, 0.3) is 0 Å². The highest BCUT2D eigenvalue weighted by Crippen LogP contribution is 1.84. The minimum absolute atomic E-state index is 0.226. The highest BCUT2D eigenvalue weighted by atomic mass is 16.2. The molecule has 0 aliphatic rings. The van der Waals surface area contributed by atoms with Gasteiger partial charge in [0.1, 0.15) is 0 Å². The van der Waals surface area contributed by atoms with Crippen LogP contribution < -0.4 is 11.2 Å². The number of nitrogens with zero attached hydrogens (tertiary/aromatic N) is 2. The number of rotatable bonds is 1. The van der Waals surface area contributed by atoms with Crippen LogP contribution in [0.2, 0.25) is 6.82 Å². The second-order valence-corrected chi connectivity index (χ2v) is 2.05. The highest BCUT2D eigenvalue weighted by molar-refractivity contribution is 6.64. The van der Waals surface area contributed by atoms with Crippen LogP contribution in [-0.4, -0.2) is 21.9 Å². The molecular formula is C5H8BN3O. The first-order valence-electron chi connectivity index (χ1n) is 2.95. The average Bonchev–Trinajstić information content (AvgIpc) is 1.88. The van der Waals surface area contributed by atoms with Gasteiger partial charge in [0.15, 0.2) is 0 Å². The standard InChI is InChI=1S/C5H8BN3O/c1-6(10)4-2-8-5(7)9-3-4/h2-3,10H,1H3,(H2,7,8,9). The van der Waals surface area contributed by atoms with Gasteiger partial charge < -0.3 is 10.8 Å². The smallest absolute Gasteiger partial charge is 0.323 e. The van der Waals surface area contributed by atoms with Crippen molar-refractivity contribution in [1.29, 1.82) is 0 Å². The zero-order valence-electron chi connectivity index (χ0n) is 5.65. The molecule has 1 rings (SSSR count). The highest BCUT2D eigenvalue weighted by Gasteiger charge is 2.05. The van der Waals surface area contributed by atoms with E-state index in [1.165, 1.54) is 12.4 Å². The first kappa shape index (κ1) is 7.02. The molecule has 0 aliphatic carbocycles. The lowest BCUT2D eigenvalue weighted by molar-refractivity contribution is 0.593. The summed E-state index contributed by atoms with van der Waals surface area (Å²) in [5.74, 6) is 0.226. The van der Waals surface area contributed by atoms with Crippen LogP contribution >= 0.6 is 0 Å². The average molecular weight is 137 g/mol. The van der Waals surface area contributed by atoms with E-state index >= 15 is 0 Å². The Bertz CT molecular complexity index is 211. The second-order valence-electron chi connectivity index (χ2n) is 2.05. The molecule has 0 aromatic carbocycles. The Morgan fingerprint density at radius 1 is 1.50 bits per heavy atom.